The molecule has 20 heavy (non-hydrogen) atoms. The number of benzene rings is 1. The SMILES string of the molecule is O=C(O)c1ncccc1-c1ccccc1OC(F)(F)F. The van der Waals surface area contributed by atoms with Crippen molar-refractivity contribution in [1.82, 2.24) is 4.98 Å². The zero-order valence-electron chi connectivity index (χ0n) is 9.89. The molecule has 2 aromatic rings. The maximum atomic E-state index is 12.3. The van der Waals surface area contributed by atoms with Crippen LogP contribution in [0.4, 0.5) is 13.2 Å². The van der Waals surface area contributed by atoms with Gasteiger partial charge in [0.2, 0.25) is 0 Å². The number of carboxylic acids is 1. The Kier molecular flexibility index (Phi) is 3.60. The standard InChI is InChI=1S/C13H8F3NO3/c14-13(15,16)20-10-6-2-1-4-8(10)9-5-3-7-17-11(9)12(18)19/h1-7H,(H,18,19). The van der Waals surface area contributed by atoms with E-state index >= 15 is 0 Å². The summed E-state index contributed by atoms with van der Waals surface area (Å²) in [5.41, 5.74) is -0.277. The molecule has 1 aromatic carbocycles. The number of carbonyl (C=O) groups is 1. The molecule has 4 nitrogen and oxygen atoms in total. The van der Waals surface area contributed by atoms with Crippen molar-refractivity contribution in [2.75, 3.05) is 0 Å². The predicted molar refractivity (Wildman–Crippen MR) is 63.3 cm³/mol. The first-order valence-corrected chi connectivity index (χ1v) is 5.42. The molecule has 0 radical (unpaired) electrons. The summed E-state index contributed by atoms with van der Waals surface area (Å²) in [6.45, 7) is 0. The number of hydrogen-bond donors (Lipinski definition) is 1. The summed E-state index contributed by atoms with van der Waals surface area (Å²) in [7, 11) is 0. The molecule has 0 aliphatic rings. The normalized spacial score (nSPS) is 11.2. The lowest BCUT2D eigenvalue weighted by Gasteiger charge is -2.14. The van der Waals surface area contributed by atoms with Crippen molar-refractivity contribution in [1.29, 1.82) is 0 Å². The van der Waals surface area contributed by atoms with E-state index in [1.165, 1.54) is 36.5 Å². The van der Waals surface area contributed by atoms with E-state index in [1.54, 1.807) is 0 Å². The molecule has 0 bridgehead atoms. The van der Waals surface area contributed by atoms with E-state index in [0.29, 0.717) is 0 Å². The minimum Gasteiger partial charge on any atom is -0.476 e. The number of para-hydroxylation sites is 1. The van der Waals surface area contributed by atoms with Crippen LogP contribution in [0.15, 0.2) is 42.6 Å². The second-order valence-corrected chi connectivity index (χ2v) is 3.75. The molecule has 0 unspecified atom stereocenters. The maximum absolute atomic E-state index is 12.3. The first kappa shape index (κ1) is 13.9. The molecule has 7 heteroatoms. The first-order chi connectivity index (χ1) is 9.38. The van der Waals surface area contributed by atoms with Crippen molar-refractivity contribution in [3.8, 4) is 16.9 Å². The molecule has 1 aromatic heterocycles. The number of ether oxygens (including phenoxy) is 1. The van der Waals surface area contributed by atoms with Crippen LogP contribution in [0.5, 0.6) is 5.75 Å². The van der Waals surface area contributed by atoms with Crippen LogP contribution in [0.3, 0.4) is 0 Å². The summed E-state index contributed by atoms with van der Waals surface area (Å²) in [5.74, 6) is -1.81. The Bertz CT molecular complexity index is 641. The molecule has 104 valence electrons. The van der Waals surface area contributed by atoms with Gasteiger partial charge in [-0.25, -0.2) is 9.78 Å². The van der Waals surface area contributed by atoms with E-state index in [9.17, 15) is 18.0 Å². The number of alkyl halides is 3. The third-order valence-corrected chi connectivity index (χ3v) is 2.41. The Balaban J connectivity index is 2.56. The van der Waals surface area contributed by atoms with Crippen LogP contribution < -0.4 is 4.74 Å². The van der Waals surface area contributed by atoms with Crippen molar-refractivity contribution < 1.29 is 27.8 Å². The van der Waals surface area contributed by atoms with Crippen LogP contribution >= 0.6 is 0 Å². The van der Waals surface area contributed by atoms with E-state index < -0.39 is 18.1 Å². The molecule has 0 fully saturated rings. The van der Waals surface area contributed by atoms with E-state index in [4.69, 9.17) is 5.11 Å². The van der Waals surface area contributed by atoms with E-state index in [0.717, 1.165) is 6.07 Å². The second kappa shape index (κ2) is 5.20. The van der Waals surface area contributed by atoms with Crippen LogP contribution in [-0.4, -0.2) is 22.4 Å². The van der Waals surface area contributed by atoms with Gasteiger partial charge in [-0.1, -0.05) is 24.3 Å². The number of carboxylic acid groups (broad SMARTS) is 1. The number of aromatic nitrogens is 1. The van der Waals surface area contributed by atoms with Crippen LogP contribution in [0.2, 0.25) is 0 Å². The van der Waals surface area contributed by atoms with Gasteiger partial charge in [-0.05, 0) is 12.1 Å². The Hall–Kier alpha value is -2.57. The number of rotatable bonds is 3. The van der Waals surface area contributed by atoms with Crippen LogP contribution in [-0.2, 0) is 0 Å². The molecule has 0 amide bonds. The largest absolute Gasteiger partial charge is 0.573 e. The lowest BCUT2D eigenvalue weighted by molar-refractivity contribution is -0.274. The second-order valence-electron chi connectivity index (χ2n) is 3.75. The quantitative estimate of drug-likeness (QED) is 0.938. The number of hydrogen-bond acceptors (Lipinski definition) is 3. The fraction of sp³-hybridized carbons (Fsp3) is 0.0769. The third-order valence-electron chi connectivity index (χ3n) is 2.41. The van der Waals surface area contributed by atoms with Gasteiger partial charge in [-0.3, -0.25) is 0 Å². The van der Waals surface area contributed by atoms with Crippen molar-refractivity contribution >= 4 is 5.97 Å². The highest BCUT2D eigenvalue weighted by atomic mass is 19.4. The highest BCUT2D eigenvalue weighted by molar-refractivity contribution is 5.94. The third kappa shape index (κ3) is 3.05. The van der Waals surface area contributed by atoms with Crippen LogP contribution in [0, 0.1) is 0 Å². The van der Waals surface area contributed by atoms with E-state index in [-0.39, 0.29) is 16.8 Å². The number of aromatic carboxylic acids is 1. The monoisotopic (exact) mass is 283 g/mol. The van der Waals surface area contributed by atoms with Crippen molar-refractivity contribution in [2.24, 2.45) is 0 Å². The van der Waals surface area contributed by atoms with Crippen molar-refractivity contribution in [2.45, 2.75) is 6.36 Å². The summed E-state index contributed by atoms with van der Waals surface area (Å²) >= 11 is 0. The highest BCUT2D eigenvalue weighted by Crippen LogP contribution is 2.34. The zero-order valence-corrected chi connectivity index (χ0v) is 9.89. The van der Waals surface area contributed by atoms with Gasteiger partial charge in [0.05, 0.1) is 0 Å². The number of pyridine rings is 1. The van der Waals surface area contributed by atoms with Crippen LogP contribution in [0.1, 0.15) is 10.5 Å². The molecule has 0 saturated heterocycles. The van der Waals surface area contributed by atoms with Gasteiger partial charge in [0.25, 0.3) is 0 Å². The minimum absolute atomic E-state index is 0.00956. The fourth-order valence-electron chi connectivity index (χ4n) is 1.70. The predicted octanol–water partition coefficient (Wildman–Crippen LogP) is 3.35. The molecule has 0 aliphatic carbocycles. The minimum atomic E-state index is -4.86. The smallest absolute Gasteiger partial charge is 0.476 e. The molecule has 0 spiro atoms. The summed E-state index contributed by atoms with van der Waals surface area (Å²) in [5, 5.41) is 9.02. The summed E-state index contributed by atoms with van der Waals surface area (Å²) in [6.07, 6.45) is -3.61. The first-order valence-electron chi connectivity index (χ1n) is 5.42. The van der Waals surface area contributed by atoms with Crippen molar-refractivity contribution in [3.63, 3.8) is 0 Å². The molecule has 1 N–H and O–H groups in total. The van der Waals surface area contributed by atoms with Gasteiger partial charge in [-0.15, -0.1) is 13.2 Å². The average molecular weight is 283 g/mol. The van der Waals surface area contributed by atoms with Crippen LogP contribution in [0.25, 0.3) is 11.1 Å². The fourth-order valence-corrected chi connectivity index (χ4v) is 1.70. The van der Waals surface area contributed by atoms with E-state index in [2.05, 4.69) is 9.72 Å². The molecular weight excluding hydrogens is 275 g/mol. The van der Waals surface area contributed by atoms with Gasteiger partial charge in [0.15, 0.2) is 5.69 Å². The molecule has 2 rings (SSSR count). The van der Waals surface area contributed by atoms with Gasteiger partial charge >= 0.3 is 12.3 Å². The molecular formula is C13H8F3NO3. The summed E-state index contributed by atoms with van der Waals surface area (Å²) in [6, 6.07) is 8.10. The highest BCUT2D eigenvalue weighted by Gasteiger charge is 2.32. The van der Waals surface area contributed by atoms with Gasteiger partial charge in [0.1, 0.15) is 5.75 Å². The Labute approximate surface area is 111 Å². The Morgan fingerprint density at radius 1 is 1.10 bits per heavy atom. The van der Waals surface area contributed by atoms with Gasteiger partial charge < -0.3 is 9.84 Å². The summed E-state index contributed by atoms with van der Waals surface area (Å²) < 4.78 is 40.9. The molecule has 0 atom stereocenters. The lowest BCUT2D eigenvalue weighted by atomic mass is 10.0. The van der Waals surface area contributed by atoms with Gasteiger partial charge in [-0.2, -0.15) is 0 Å². The van der Waals surface area contributed by atoms with E-state index in [1.807, 2.05) is 0 Å². The lowest BCUT2D eigenvalue weighted by Crippen LogP contribution is -2.17. The zero-order chi connectivity index (χ0) is 14.8. The van der Waals surface area contributed by atoms with Crippen molar-refractivity contribution in [3.05, 3.63) is 48.3 Å². The molecule has 0 saturated carbocycles. The molecule has 1 heterocycles. The topological polar surface area (TPSA) is 59.4 Å². The number of nitrogens with zero attached hydrogens (tertiary/aromatic N) is 1. The maximum Gasteiger partial charge on any atom is 0.573 e. The average Bonchev–Trinajstić information content (AvgIpc) is 2.37. The number of halogens is 3. The van der Waals surface area contributed by atoms with Gasteiger partial charge in [0, 0.05) is 17.3 Å². The Morgan fingerprint density at radius 2 is 1.75 bits per heavy atom. The Morgan fingerprint density at radius 3 is 2.40 bits per heavy atom. The molecule has 0 aliphatic heterocycles. The summed E-state index contributed by atoms with van der Waals surface area (Å²) in [4.78, 5) is 14.7.